The number of benzene rings is 3. The minimum atomic E-state index is -0.987. The maximum Gasteiger partial charge on any atom is 0.335 e. The number of carboxylic acid groups (broad SMARTS) is 1. The summed E-state index contributed by atoms with van der Waals surface area (Å²) in [6.45, 7) is 8.46. The number of rotatable bonds is 14. The molecule has 0 aromatic heterocycles. The van der Waals surface area contributed by atoms with Gasteiger partial charge >= 0.3 is 5.97 Å². The molecular weight excluding hydrogens is 733 g/mol. The van der Waals surface area contributed by atoms with Crippen LogP contribution < -0.4 is 9.47 Å². The molecule has 10 nitrogen and oxygen atoms in total. The molecule has 14 heteroatoms. The number of carbonyl (C=O) groups is 2. The number of hydrogen-bond acceptors (Lipinski definition) is 10. The SMILES string of the molecule is O=C(O)c1ccc(OCCCN2C(=O)/C(=C/c3cc(-c4cc(Cl)cc(Cl)c4)ccc3OCCN3CCOCC3)SC2=S)c(CN2CCOCC2)c1. The van der Waals surface area contributed by atoms with Crippen molar-refractivity contribution in [3.8, 4) is 22.6 Å². The minimum absolute atomic E-state index is 0.181. The molecule has 0 radical (unpaired) electrons. The molecule has 3 fully saturated rings. The number of thioether (sulfide) groups is 1. The summed E-state index contributed by atoms with van der Waals surface area (Å²) in [5.41, 5.74) is 3.48. The van der Waals surface area contributed by atoms with Crippen LogP contribution in [0.2, 0.25) is 10.0 Å². The summed E-state index contributed by atoms with van der Waals surface area (Å²) in [5.74, 6) is 0.109. The Morgan fingerprint density at radius 3 is 2.22 bits per heavy atom. The van der Waals surface area contributed by atoms with Gasteiger partial charge < -0.3 is 24.1 Å². The third-order valence-corrected chi connectivity index (χ3v) is 10.5. The predicted octanol–water partition coefficient (Wildman–Crippen LogP) is 6.57. The van der Waals surface area contributed by atoms with Crippen LogP contribution in [0.25, 0.3) is 17.2 Å². The molecule has 3 aromatic rings. The molecule has 0 spiro atoms. The summed E-state index contributed by atoms with van der Waals surface area (Å²) in [6, 6.07) is 16.1. The number of thiocarbonyl (C=S) groups is 1. The first kappa shape index (κ1) is 37.6. The van der Waals surface area contributed by atoms with Gasteiger partial charge in [0.05, 0.1) is 43.5 Å². The highest BCUT2D eigenvalue weighted by molar-refractivity contribution is 8.26. The molecule has 0 atom stereocenters. The molecule has 0 bridgehead atoms. The Hall–Kier alpha value is -3.20. The van der Waals surface area contributed by atoms with E-state index in [-0.39, 0.29) is 11.5 Å². The van der Waals surface area contributed by atoms with Crippen LogP contribution in [0.1, 0.15) is 27.9 Å². The molecule has 3 heterocycles. The average Bonchev–Trinajstić information content (AvgIpc) is 3.38. The van der Waals surface area contributed by atoms with E-state index in [0.29, 0.717) is 89.9 Å². The van der Waals surface area contributed by atoms with Gasteiger partial charge in [0.2, 0.25) is 0 Å². The number of aromatic carboxylic acids is 1. The van der Waals surface area contributed by atoms with Gasteiger partial charge in [-0.3, -0.25) is 19.5 Å². The Labute approximate surface area is 317 Å². The van der Waals surface area contributed by atoms with Crippen LogP contribution in [0.4, 0.5) is 0 Å². The lowest BCUT2D eigenvalue weighted by Gasteiger charge is -2.27. The summed E-state index contributed by atoms with van der Waals surface area (Å²) in [7, 11) is 0. The van der Waals surface area contributed by atoms with Crippen molar-refractivity contribution in [2.75, 3.05) is 78.9 Å². The summed E-state index contributed by atoms with van der Waals surface area (Å²) in [4.78, 5) is 31.9. The van der Waals surface area contributed by atoms with Crippen molar-refractivity contribution in [2.45, 2.75) is 13.0 Å². The van der Waals surface area contributed by atoms with Crippen molar-refractivity contribution in [1.29, 1.82) is 0 Å². The van der Waals surface area contributed by atoms with Crippen molar-refractivity contribution in [1.82, 2.24) is 14.7 Å². The van der Waals surface area contributed by atoms with Gasteiger partial charge in [-0.05, 0) is 72.2 Å². The number of amides is 1. The molecular formula is C37H39Cl2N3O7S2. The fraction of sp³-hybridized carbons (Fsp3) is 0.378. The maximum absolute atomic E-state index is 13.7. The molecule has 51 heavy (non-hydrogen) atoms. The zero-order valence-corrected chi connectivity index (χ0v) is 31.1. The van der Waals surface area contributed by atoms with E-state index in [4.69, 9.17) is 54.4 Å². The standard InChI is InChI=1S/C37H39Cl2N3O7S2/c38-30-20-27(21-31(39)23-30)25-2-4-32(49-17-11-40-7-13-46-14-8-40)28(18-25)22-34-35(43)42(37(50)51-34)6-1-12-48-33-5-3-26(36(44)45)19-29(33)24-41-9-15-47-16-10-41/h2-5,18-23H,1,6-17,24H2,(H,44,45)/b34-22-. The van der Waals surface area contributed by atoms with Gasteiger partial charge in [0.1, 0.15) is 22.4 Å². The highest BCUT2D eigenvalue weighted by Crippen LogP contribution is 2.37. The second-order valence-electron chi connectivity index (χ2n) is 12.3. The summed E-state index contributed by atoms with van der Waals surface area (Å²) >= 11 is 19.5. The quantitative estimate of drug-likeness (QED) is 0.109. The van der Waals surface area contributed by atoms with Crippen LogP contribution in [0.5, 0.6) is 11.5 Å². The number of halogens is 2. The first-order chi connectivity index (χ1) is 24.7. The number of ether oxygens (including phenoxy) is 4. The van der Waals surface area contributed by atoms with Crippen molar-refractivity contribution in [3.63, 3.8) is 0 Å². The van der Waals surface area contributed by atoms with Gasteiger partial charge in [-0.25, -0.2) is 4.79 Å². The number of carbonyl (C=O) groups excluding carboxylic acids is 1. The van der Waals surface area contributed by atoms with E-state index in [0.717, 1.165) is 55.0 Å². The van der Waals surface area contributed by atoms with Crippen molar-refractivity contribution < 1.29 is 33.6 Å². The largest absolute Gasteiger partial charge is 0.493 e. The maximum atomic E-state index is 13.7. The van der Waals surface area contributed by atoms with Crippen LogP contribution in [0.15, 0.2) is 59.5 Å². The summed E-state index contributed by atoms with van der Waals surface area (Å²) in [6.07, 6.45) is 2.36. The Balaban J connectivity index is 1.13. The van der Waals surface area contributed by atoms with E-state index < -0.39 is 5.97 Å². The van der Waals surface area contributed by atoms with Crippen molar-refractivity contribution in [2.24, 2.45) is 0 Å². The number of nitrogens with zero attached hydrogens (tertiary/aromatic N) is 3. The second-order valence-corrected chi connectivity index (χ2v) is 14.8. The minimum Gasteiger partial charge on any atom is -0.493 e. The average molecular weight is 773 g/mol. The molecule has 1 N–H and O–H groups in total. The van der Waals surface area contributed by atoms with Gasteiger partial charge in [-0.15, -0.1) is 0 Å². The molecule has 3 saturated heterocycles. The van der Waals surface area contributed by atoms with Crippen LogP contribution >= 0.6 is 47.2 Å². The van der Waals surface area contributed by atoms with Gasteiger partial charge in [0.25, 0.3) is 5.91 Å². The Morgan fingerprint density at radius 2 is 1.51 bits per heavy atom. The van der Waals surface area contributed by atoms with Crippen LogP contribution in [0.3, 0.4) is 0 Å². The third kappa shape index (κ3) is 10.2. The van der Waals surface area contributed by atoms with Crippen molar-refractivity contribution in [3.05, 3.63) is 86.2 Å². The highest BCUT2D eigenvalue weighted by Gasteiger charge is 2.32. The summed E-state index contributed by atoms with van der Waals surface area (Å²) < 4.78 is 23.8. The van der Waals surface area contributed by atoms with E-state index in [2.05, 4.69) is 9.80 Å². The van der Waals surface area contributed by atoms with Gasteiger partial charge in [-0.1, -0.05) is 53.2 Å². The van der Waals surface area contributed by atoms with Crippen LogP contribution in [0, 0.1) is 0 Å². The van der Waals surface area contributed by atoms with Gasteiger partial charge in [0, 0.05) is 67.0 Å². The fourth-order valence-corrected chi connectivity index (χ4v) is 7.84. The second kappa shape index (κ2) is 18.0. The zero-order valence-electron chi connectivity index (χ0n) is 28.0. The van der Waals surface area contributed by atoms with Crippen LogP contribution in [-0.4, -0.2) is 115 Å². The number of morpholine rings is 2. The molecule has 1 amide bonds. The lowest BCUT2D eigenvalue weighted by molar-refractivity contribution is -0.122. The molecule has 0 saturated carbocycles. The number of hydrogen-bond donors (Lipinski definition) is 1. The normalized spacial score (nSPS) is 18.1. The Bertz CT molecular complexity index is 1760. The molecule has 0 unspecified atom stereocenters. The van der Waals surface area contributed by atoms with E-state index >= 15 is 0 Å². The Kier molecular flexibility index (Phi) is 13.3. The van der Waals surface area contributed by atoms with E-state index in [1.165, 1.54) is 11.8 Å². The molecule has 270 valence electrons. The first-order valence-electron chi connectivity index (χ1n) is 16.8. The fourth-order valence-electron chi connectivity index (χ4n) is 6.02. The highest BCUT2D eigenvalue weighted by atomic mass is 35.5. The van der Waals surface area contributed by atoms with E-state index in [1.54, 1.807) is 29.2 Å². The molecule has 6 rings (SSSR count). The van der Waals surface area contributed by atoms with E-state index in [1.807, 2.05) is 36.4 Å². The lowest BCUT2D eigenvalue weighted by atomic mass is 10.0. The molecule has 3 aliphatic rings. The number of carboxylic acids is 1. The predicted molar refractivity (Wildman–Crippen MR) is 204 cm³/mol. The topological polar surface area (TPSA) is 101 Å². The monoisotopic (exact) mass is 771 g/mol. The van der Waals surface area contributed by atoms with Crippen molar-refractivity contribution >= 4 is 69.5 Å². The smallest absolute Gasteiger partial charge is 0.335 e. The molecule has 3 aromatic carbocycles. The van der Waals surface area contributed by atoms with Gasteiger partial charge in [-0.2, -0.15) is 0 Å². The molecule has 3 aliphatic heterocycles. The summed E-state index contributed by atoms with van der Waals surface area (Å²) in [5, 5.41) is 10.6. The Morgan fingerprint density at radius 1 is 0.843 bits per heavy atom. The van der Waals surface area contributed by atoms with Gasteiger partial charge in [0.15, 0.2) is 0 Å². The van der Waals surface area contributed by atoms with Crippen LogP contribution in [-0.2, 0) is 20.8 Å². The lowest BCUT2D eigenvalue weighted by Crippen LogP contribution is -2.38. The van der Waals surface area contributed by atoms with E-state index in [9.17, 15) is 14.7 Å². The third-order valence-electron chi connectivity index (χ3n) is 8.72. The molecule has 0 aliphatic carbocycles. The first-order valence-corrected chi connectivity index (χ1v) is 18.8. The zero-order chi connectivity index (χ0) is 35.7.